The summed E-state index contributed by atoms with van der Waals surface area (Å²) in [4.78, 5) is 0. The highest BCUT2D eigenvalue weighted by Gasteiger charge is 2.29. The first-order valence-electron chi connectivity index (χ1n) is 4.83. The Hall–Kier alpha value is 0.340. The molecular weight excluding hydrogens is 307 g/mol. The third-order valence-electron chi connectivity index (χ3n) is 2.55. The average Bonchev–Trinajstić information content (AvgIpc) is 2.26. The van der Waals surface area contributed by atoms with Crippen molar-refractivity contribution in [2.45, 2.75) is 37.7 Å². The largest absolute Gasteiger partial charge is 0.366 e. The molecule has 1 saturated carbocycles. The lowest BCUT2D eigenvalue weighted by molar-refractivity contribution is 0.0104. The molecule has 3 heteroatoms. The molecule has 1 fully saturated rings. The normalized spacial score (nSPS) is 20.4. The number of allylic oxidation sites excluding steroid dienone is 1. The van der Waals surface area contributed by atoms with E-state index in [1.807, 2.05) is 11.5 Å². The predicted molar refractivity (Wildman–Crippen MR) is 71.4 cm³/mol. The van der Waals surface area contributed by atoms with Gasteiger partial charge in [-0.3, -0.25) is 0 Å². The van der Waals surface area contributed by atoms with Gasteiger partial charge in [0.15, 0.2) is 0 Å². The number of hydrogen-bond acceptors (Lipinski definition) is 2. The highest BCUT2D eigenvalue weighted by molar-refractivity contribution is 14.2. The van der Waals surface area contributed by atoms with Crippen LogP contribution in [0.25, 0.3) is 0 Å². The van der Waals surface area contributed by atoms with Crippen LogP contribution in [-0.4, -0.2) is 12.7 Å². The molecule has 0 aromatic heterocycles. The highest BCUT2D eigenvalue weighted by atomic mass is 127. The molecule has 0 atom stereocenters. The lowest BCUT2D eigenvalue weighted by atomic mass is 9.85. The van der Waals surface area contributed by atoms with Gasteiger partial charge in [0.25, 0.3) is 0 Å². The Bertz CT molecular complexity index is 246. The molecule has 1 rings (SSSR count). The van der Waals surface area contributed by atoms with Gasteiger partial charge in [0.05, 0.1) is 0 Å². The number of halogens is 1. The number of rotatable bonds is 2. The first kappa shape index (κ1) is 12.4. The Morgan fingerprint density at radius 2 is 2.07 bits per heavy atom. The molecule has 0 heterocycles. The molecule has 1 aliphatic rings. The summed E-state index contributed by atoms with van der Waals surface area (Å²) in [5.41, 5.74) is -0.154. The van der Waals surface area contributed by atoms with Gasteiger partial charge in [-0.1, -0.05) is 27.2 Å². The van der Waals surface area contributed by atoms with Crippen LogP contribution in [0.3, 0.4) is 0 Å². The van der Waals surface area contributed by atoms with Crippen molar-refractivity contribution in [3.8, 4) is 11.8 Å². The monoisotopic (exact) mass is 322 g/mol. The van der Waals surface area contributed by atoms with Gasteiger partial charge in [-0.2, -0.15) is 0 Å². The van der Waals surface area contributed by atoms with Crippen molar-refractivity contribution in [1.29, 1.82) is 0 Å². The minimum Gasteiger partial charge on any atom is -0.366 e. The van der Waals surface area contributed by atoms with E-state index in [2.05, 4.69) is 33.0 Å². The lowest BCUT2D eigenvalue weighted by Gasteiger charge is -2.30. The summed E-state index contributed by atoms with van der Waals surface area (Å²) >= 11 is 2.23. The smallest absolute Gasteiger partial charge is 0.128 e. The fraction of sp³-hybridized carbons (Fsp3) is 0.636. The van der Waals surface area contributed by atoms with E-state index in [4.69, 9.17) is 4.74 Å². The first-order valence-corrected chi connectivity index (χ1v) is 8.25. The van der Waals surface area contributed by atoms with Crippen LogP contribution in [0, 0.1) is 11.8 Å². The Kier molecular flexibility index (Phi) is 5.99. The van der Waals surface area contributed by atoms with Crippen molar-refractivity contribution in [1.82, 2.24) is 0 Å². The molecule has 0 saturated heterocycles. The van der Waals surface area contributed by atoms with E-state index in [1.54, 1.807) is 16.0 Å². The van der Waals surface area contributed by atoms with Gasteiger partial charge >= 0.3 is 0 Å². The maximum Gasteiger partial charge on any atom is 0.128 e. The van der Waals surface area contributed by atoms with Crippen molar-refractivity contribution < 1.29 is 4.74 Å². The molecule has 0 aliphatic heterocycles. The predicted octanol–water partition coefficient (Wildman–Crippen LogP) is 3.94. The fourth-order valence-corrected chi connectivity index (χ4v) is 2.30. The summed E-state index contributed by atoms with van der Waals surface area (Å²) in [7, 11) is 3.42. The minimum atomic E-state index is -0.154. The van der Waals surface area contributed by atoms with E-state index >= 15 is 0 Å². The Morgan fingerprint density at radius 3 is 2.64 bits per heavy atom. The van der Waals surface area contributed by atoms with Crippen LogP contribution in [0.4, 0.5) is 0 Å². The molecule has 78 valence electrons. The molecule has 0 bridgehead atoms. The second-order valence-corrected chi connectivity index (χ2v) is 5.40. The summed E-state index contributed by atoms with van der Waals surface area (Å²) in [6, 6.07) is 0. The summed E-state index contributed by atoms with van der Waals surface area (Å²) in [5, 5.41) is 1.99. The van der Waals surface area contributed by atoms with Crippen molar-refractivity contribution in [3.05, 3.63) is 11.5 Å². The zero-order valence-electron chi connectivity index (χ0n) is 8.38. The molecule has 1 aliphatic carbocycles. The zero-order chi connectivity index (χ0) is 10.3. The molecule has 0 aromatic carbocycles. The van der Waals surface area contributed by atoms with Gasteiger partial charge in [-0.15, -0.1) is 0 Å². The molecule has 0 unspecified atom stereocenters. The van der Waals surface area contributed by atoms with Gasteiger partial charge in [0, 0.05) is 28.3 Å². The van der Waals surface area contributed by atoms with Crippen molar-refractivity contribution in [3.63, 3.8) is 0 Å². The molecule has 1 nitrogen and oxygen atoms in total. The molecule has 0 amide bonds. The Balaban J connectivity index is 2.58. The SMILES string of the molecule is COC1(C#C/C=C/SI)CCCCC1. The van der Waals surface area contributed by atoms with E-state index in [0.717, 1.165) is 12.8 Å². The van der Waals surface area contributed by atoms with Crippen LogP contribution >= 0.6 is 30.1 Å². The number of hydrogen-bond donors (Lipinski definition) is 0. The van der Waals surface area contributed by atoms with E-state index < -0.39 is 0 Å². The van der Waals surface area contributed by atoms with Crippen LogP contribution in [0.5, 0.6) is 0 Å². The van der Waals surface area contributed by atoms with E-state index in [9.17, 15) is 0 Å². The van der Waals surface area contributed by atoms with E-state index in [0.29, 0.717) is 0 Å². The standard InChI is InChI=1S/C11H15IOS/c1-13-11(7-3-2-4-8-11)9-5-6-10-14-12/h6,10H,2-4,7-8H2,1H3/b10-6+. The second kappa shape index (κ2) is 6.76. The Labute approximate surface area is 103 Å². The maximum absolute atomic E-state index is 5.54. The number of methoxy groups -OCH3 is 1. The van der Waals surface area contributed by atoms with Crippen molar-refractivity contribution >= 4 is 30.1 Å². The molecule has 0 radical (unpaired) electrons. The summed E-state index contributed by atoms with van der Waals surface area (Å²) in [5.74, 6) is 6.31. The molecule has 0 N–H and O–H groups in total. The summed E-state index contributed by atoms with van der Waals surface area (Å²) < 4.78 is 5.54. The minimum absolute atomic E-state index is 0.154. The molecule has 0 aromatic rings. The Morgan fingerprint density at radius 1 is 1.36 bits per heavy atom. The molecule has 14 heavy (non-hydrogen) atoms. The van der Waals surface area contributed by atoms with Gasteiger partial charge in [-0.25, -0.2) is 0 Å². The average molecular weight is 322 g/mol. The van der Waals surface area contributed by atoms with Crippen LogP contribution in [0.2, 0.25) is 0 Å². The second-order valence-electron chi connectivity index (χ2n) is 3.42. The van der Waals surface area contributed by atoms with Crippen LogP contribution < -0.4 is 0 Å². The van der Waals surface area contributed by atoms with Gasteiger partial charge in [0.1, 0.15) is 5.60 Å². The van der Waals surface area contributed by atoms with Crippen LogP contribution in [0.1, 0.15) is 32.1 Å². The first-order chi connectivity index (χ1) is 6.83. The lowest BCUT2D eigenvalue weighted by Crippen LogP contribution is -2.31. The van der Waals surface area contributed by atoms with Gasteiger partial charge < -0.3 is 4.74 Å². The maximum atomic E-state index is 5.54. The van der Waals surface area contributed by atoms with Crippen molar-refractivity contribution in [2.75, 3.05) is 7.11 Å². The third-order valence-corrected chi connectivity index (χ3v) is 3.67. The highest BCUT2D eigenvalue weighted by Crippen LogP contribution is 2.30. The zero-order valence-corrected chi connectivity index (χ0v) is 11.4. The van der Waals surface area contributed by atoms with Gasteiger partial charge in [0.2, 0.25) is 0 Å². The quantitative estimate of drug-likeness (QED) is 0.563. The summed E-state index contributed by atoms with van der Waals surface area (Å²) in [6.07, 6.45) is 7.88. The summed E-state index contributed by atoms with van der Waals surface area (Å²) in [6.45, 7) is 0. The fourth-order valence-electron chi connectivity index (χ4n) is 1.74. The third kappa shape index (κ3) is 3.84. The van der Waals surface area contributed by atoms with Crippen molar-refractivity contribution in [2.24, 2.45) is 0 Å². The topological polar surface area (TPSA) is 9.23 Å². The number of ether oxygens (including phenoxy) is 1. The molecule has 0 spiro atoms. The van der Waals surface area contributed by atoms with Crippen LogP contribution in [0.15, 0.2) is 11.5 Å². The van der Waals surface area contributed by atoms with E-state index in [1.165, 1.54) is 19.3 Å². The molecular formula is C11H15IOS. The van der Waals surface area contributed by atoms with E-state index in [-0.39, 0.29) is 5.60 Å². The van der Waals surface area contributed by atoms with Crippen LogP contribution in [-0.2, 0) is 4.74 Å². The van der Waals surface area contributed by atoms with Gasteiger partial charge in [-0.05, 0) is 37.2 Å².